The predicted molar refractivity (Wildman–Crippen MR) is 121 cm³/mol. The number of rotatable bonds is 9. The van der Waals surface area contributed by atoms with Gasteiger partial charge in [-0.25, -0.2) is 9.78 Å². The number of fused-ring (bicyclic) bond motifs is 1. The number of carbonyl (C=O) groups is 1. The van der Waals surface area contributed by atoms with E-state index in [0.717, 1.165) is 12.8 Å². The van der Waals surface area contributed by atoms with Crippen LogP contribution in [-0.2, 0) is 24.9 Å². The van der Waals surface area contributed by atoms with Crippen molar-refractivity contribution in [3.05, 3.63) is 43.7 Å². The van der Waals surface area contributed by atoms with E-state index in [9.17, 15) is 19.2 Å². The molecule has 0 bridgehead atoms. The van der Waals surface area contributed by atoms with Gasteiger partial charge < -0.3 is 10.6 Å². The number of carbonyl (C=O) groups excluding carboxylic acids is 1. The van der Waals surface area contributed by atoms with E-state index in [2.05, 4.69) is 15.1 Å². The quantitative estimate of drug-likeness (QED) is 0.478. The number of hydrogen-bond acceptors (Lipinski definition) is 7. The predicted octanol–water partition coefficient (Wildman–Crippen LogP) is 0.196. The van der Waals surface area contributed by atoms with E-state index < -0.39 is 22.7 Å². The summed E-state index contributed by atoms with van der Waals surface area (Å²) in [5.74, 6) is -0.576. The average Bonchev–Trinajstić information content (AvgIpc) is 3.13. The van der Waals surface area contributed by atoms with Crippen LogP contribution in [0.15, 0.2) is 26.9 Å². The molecule has 0 saturated carbocycles. The number of hydrogen-bond donors (Lipinski definition) is 2. The number of nitrogens with one attached hydrogen (secondary N) is 1. The lowest BCUT2D eigenvalue weighted by atomic mass is 10.2. The maximum Gasteiger partial charge on any atom is 0.330 e. The number of unbranched alkanes of at least 4 members (excludes halogenated alkanes) is 2. The first-order valence-electron chi connectivity index (χ1n) is 10.6. The van der Waals surface area contributed by atoms with Crippen molar-refractivity contribution >= 4 is 28.4 Å². The van der Waals surface area contributed by atoms with Gasteiger partial charge in [0.05, 0.1) is 6.20 Å². The summed E-state index contributed by atoms with van der Waals surface area (Å²) < 4.78 is 3.90. The normalized spacial score (nSPS) is 11.2. The minimum atomic E-state index is -0.738. The summed E-state index contributed by atoms with van der Waals surface area (Å²) in [6.07, 6.45) is 5.55. The summed E-state index contributed by atoms with van der Waals surface area (Å²) in [4.78, 5) is 58.6. The summed E-state index contributed by atoms with van der Waals surface area (Å²) in [6.45, 7) is 4.11. The molecule has 0 fully saturated rings. The molecule has 0 spiro atoms. The molecule has 1 amide bonds. The zero-order chi connectivity index (χ0) is 23.4. The average molecular weight is 444 g/mol. The number of nitrogens with two attached hydrogens (primary N) is 1. The highest BCUT2D eigenvalue weighted by Crippen LogP contribution is 2.18. The van der Waals surface area contributed by atoms with Gasteiger partial charge in [-0.3, -0.25) is 33.2 Å². The van der Waals surface area contributed by atoms with Gasteiger partial charge in [0.1, 0.15) is 24.1 Å². The first-order chi connectivity index (χ1) is 15.3. The fourth-order valence-electron chi connectivity index (χ4n) is 3.46. The molecule has 0 radical (unpaired) electrons. The molecule has 12 nitrogen and oxygen atoms in total. The molecule has 0 aliphatic heterocycles. The number of aromatic amines is 1. The van der Waals surface area contributed by atoms with Crippen LogP contribution in [0.2, 0.25) is 0 Å². The first-order valence-corrected chi connectivity index (χ1v) is 10.6. The number of aromatic nitrogens is 6. The summed E-state index contributed by atoms with van der Waals surface area (Å²) in [6, 6.07) is 0. The molecule has 12 heteroatoms. The van der Waals surface area contributed by atoms with Crippen molar-refractivity contribution < 1.29 is 4.79 Å². The molecule has 172 valence electrons. The number of nitrogens with zero attached hydrogens (tertiary/aromatic N) is 6. The molecule has 0 atom stereocenters. The molecule has 0 aliphatic carbocycles. The van der Waals surface area contributed by atoms with Crippen molar-refractivity contribution in [1.82, 2.24) is 28.9 Å². The van der Waals surface area contributed by atoms with Crippen molar-refractivity contribution in [3.8, 4) is 0 Å². The smallest absolute Gasteiger partial charge is 0.330 e. The molecule has 3 N–H and O–H groups in total. The van der Waals surface area contributed by atoms with Crippen molar-refractivity contribution in [2.45, 2.75) is 52.6 Å². The van der Waals surface area contributed by atoms with Crippen LogP contribution in [0.3, 0.4) is 0 Å². The highest BCUT2D eigenvalue weighted by molar-refractivity contribution is 5.95. The second-order valence-electron chi connectivity index (χ2n) is 7.58. The SMILES string of the molecule is CCCCN(C(=O)Cn1cnc2c(cnn2C)c1=O)c1c(N)n(CCCC)c(=O)[nH]c1=O. The Balaban J connectivity index is 2.03. The Morgan fingerprint density at radius 2 is 1.91 bits per heavy atom. The molecule has 0 saturated heterocycles. The van der Waals surface area contributed by atoms with Gasteiger partial charge in [-0.05, 0) is 12.8 Å². The van der Waals surface area contributed by atoms with Crippen molar-refractivity contribution in [3.63, 3.8) is 0 Å². The van der Waals surface area contributed by atoms with E-state index in [1.165, 1.54) is 31.2 Å². The summed E-state index contributed by atoms with van der Waals surface area (Å²) >= 11 is 0. The Kier molecular flexibility index (Phi) is 6.91. The van der Waals surface area contributed by atoms with Crippen LogP contribution >= 0.6 is 0 Å². The van der Waals surface area contributed by atoms with E-state index in [1.807, 2.05) is 13.8 Å². The van der Waals surface area contributed by atoms with Crippen LogP contribution in [0.1, 0.15) is 39.5 Å². The molecular formula is C20H28N8O4. The zero-order valence-corrected chi connectivity index (χ0v) is 18.5. The Labute approximate surface area is 183 Å². The van der Waals surface area contributed by atoms with Crippen LogP contribution in [-0.4, -0.2) is 41.3 Å². The highest BCUT2D eigenvalue weighted by Gasteiger charge is 2.24. The highest BCUT2D eigenvalue weighted by atomic mass is 16.2. The topological polar surface area (TPSA) is 154 Å². The fraction of sp³-hybridized carbons (Fsp3) is 0.500. The molecular weight excluding hydrogens is 416 g/mol. The van der Waals surface area contributed by atoms with Crippen LogP contribution < -0.4 is 27.4 Å². The lowest BCUT2D eigenvalue weighted by Crippen LogP contribution is -2.43. The molecule has 0 aromatic carbocycles. The van der Waals surface area contributed by atoms with Crippen LogP contribution in [0, 0.1) is 0 Å². The van der Waals surface area contributed by atoms with E-state index in [1.54, 1.807) is 7.05 Å². The lowest BCUT2D eigenvalue weighted by molar-refractivity contribution is -0.119. The van der Waals surface area contributed by atoms with E-state index in [4.69, 9.17) is 5.73 Å². The molecule has 3 aromatic heterocycles. The fourth-order valence-corrected chi connectivity index (χ4v) is 3.46. The van der Waals surface area contributed by atoms with Gasteiger partial charge >= 0.3 is 5.69 Å². The third-order valence-electron chi connectivity index (χ3n) is 5.28. The summed E-state index contributed by atoms with van der Waals surface area (Å²) in [7, 11) is 1.67. The van der Waals surface area contributed by atoms with Crippen molar-refractivity contribution in [1.29, 1.82) is 0 Å². The van der Waals surface area contributed by atoms with Gasteiger partial charge in [0.25, 0.3) is 11.1 Å². The lowest BCUT2D eigenvalue weighted by Gasteiger charge is -2.24. The van der Waals surface area contributed by atoms with Crippen LogP contribution in [0.4, 0.5) is 11.5 Å². The Morgan fingerprint density at radius 3 is 2.59 bits per heavy atom. The Hall–Kier alpha value is -3.70. The van der Waals surface area contributed by atoms with Gasteiger partial charge in [-0.1, -0.05) is 26.7 Å². The molecule has 0 aliphatic rings. The molecule has 3 rings (SSSR count). The minimum absolute atomic E-state index is 0.0650. The van der Waals surface area contributed by atoms with Gasteiger partial charge in [0.2, 0.25) is 5.91 Å². The number of anilines is 2. The standard InChI is InChI=1S/C20H28N8O4/c1-4-6-8-27(15-16(21)28(9-7-5-2)20(32)24-18(15)30)14(29)11-26-12-22-17-13(19(26)31)10-23-25(17)3/h10,12H,4-9,11,21H2,1-3H3,(H,24,30,32). The van der Waals surface area contributed by atoms with Crippen LogP contribution in [0.5, 0.6) is 0 Å². The van der Waals surface area contributed by atoms with Crippen molar-refractivity contribution in [2.75, 3.05) is 17.2 Å². The number of nitrogen functional groups attached to an aromatic ring is 1. The van der Waals surface area contributed by atoms with Crippen LogP contribution in [0.25, 0.3) is 11.0 Å². The zero-order valence-electron chi connectivity index (χ0n) is 18.5. The van der Waals surface area contributed by atoms with Gasteiger partial charge in [-0.2, -0.15) is 5.10 Å². The minimum Gasteiger partial charge on any atom is -0.383 e. The van der Waals surface area contributed by atoms with Gasteiger partial charge in [0, 0.05) is 20.1 Å². The Morgan fingerprint density at radius 1 is 1.19 bits per heavy atom. The van der Waals surface area contributed by atoms with Gasteiger partial charge in [-0.15, -0.1) is 0 Å². The molecule has 3 aromatic rings. The number of H-pyrrole nitrogens is 1. The number of aryl methyl sites for hydroxylation is 1. The third kappa shape index (κ3) is 4.34. The Bertz CT molecular complexity index is 1300. The van der Waals surface area contributed by atoms with Gasteiger partial charge in [0.15, 0.2) is 11.3 Å². The number of amides is 1. The third-order valence-corrected chi connectivity index (χ3v) is 5.28. The monoisotopic (exact) mass is 444 g/mol. The summed E-state index contributed by atoms with van der Waals surface area (Å²) in [5.41, 5.74) is 4.75. The molecule has 0 unspecified atom stereocenters. The molecule has 3 heterocycles. The second-order valence-corrected chi connectivity index (χ2v) is 7.58. The van der Waals surface area contributed by atoms with E-state index in [0.29, 0.717) is 25.0 Å². The molecule has 32 heavy (non-hydrogen) atoms. The summed E-state index contributed by atoms with van der Waals surface area (Å²) in [5, 5.41) is 4.30. The van der Waals surface area contributed by atoms with E-state index in [-0.39, 0.29) is 30.0 Å². The first kappa shape index (κ1) is 23.0. The van der Waals surface area contributed by atoms with Crippen molar-refractivity contribution in [2.24, 2.45) is 7.05 Å². The second kappa shape index (κ2) is 9.62. The maximum atomic E-state index is 13.2. The van der Waals surface area contributed by atoms with E-state index >= 15 is 0 Å². The maximum absolute atomic E-state index is 13.2. The largest absolute Gasteiger partial charge is 0.383 e.